The number of nitrogens with zero attached hydrogens (tertiary/aromatic N) is 2. The van der Waals surface area contributed by atoms with Gasteiger partial charge in [-0.2, -0.15) is 0 Å². The van der Waals surface area contributed by atoms with Crippen LogP contribution >= 0.6 is 0 Å². The minimum atomic E-state index is -0.277. The molecule has 2 aliphatic rings. The van der Waals surface area contributed by atoms with Gasteiger partial charge in [-0.25, -0.2) is 4.79 Å². The quantitative estimate of drug-likeness (QED) is 0.932. The number of aromatic nitrogens is 1. The zero-order valence-electron chi connectivity index (χ0n) is 13.8. The SMILES string of the molecule is Cc1c(NCc2noc3c2CCCC3)cccc1N1CCOC1=O. The molecule has 6 nitrogen and oxygen atoms in total. The highest BCUT2D eigenvalue weighted by Crippen LogP contribution is 2.30. The Morgan fingerprint density at radius 1 is 1.29 bits per heavy atom. The minimum Gasteiger partial charge on any atom is -0.447 e. The molecule has 24 heavy (non-hydrogen) atoms. The number of fused-ring (bicyclic) bond motifs is 1. The summed E-state index contributed by atoms with van der Waals surface area (Å²) in [6.07, 6.45) is 4.15. The smallest absolute Gasteiger partial charge is 0.414 e. The lowest BCUT2D eigenvalue weighted by molar-refractivity contribution is 0.181. The van der Waals surface area contributed by atoms with Gasteiger partial charge in [0.25, 0.3) is 0 Å². The van der Waals surface area contributed by atoms with Crippen LogP contribution in [0.5, 0.6) is 0 Å². The van der Waals surface area contributed by atoms with Crippen LogP contribution in [-0.4, -0.2) is 24.4 Å². The highest BCUT2D eigenvalue weighted by molar-refractivity contribution is 5.91. The fraction of sp³-hybridized carbons (Fsp3) is 0.444. The lowest BCUT2D eigenvalue weighted by atomic mass is 9.96. The summed E-state index contributed by atoms with van der Waals surface area (Å²) in [5, 5.41) is 7.68. The summed E-state index contributed by atoms with van der Waals surface area (Å²) in [7, 11) is 0. The van der Waals surface area contributed by atoms with E-state index in [1.807, 2.05) is 25.1 Å². The molecule has 1 N–H and O–H groups in total. The molecule has 0 unspecified atom stereocenters. The summed E-state index contributed by atoms with van der Waals surface area (Å²) in [5.74, 6) is 1.04. The first-order valence-electron chi connectivity index (χ1n) is 8.48. The molecule has 0 spiro atoms. The van der Waals surface area contributed by atoms with Crippen LogP contribution in [0.15, 0.2) is 22.7 Å². The van der Waals surface area contributed by atoms with E-state index in [9.17, 15) is 4.79 Å². The summed E-state index contributed by atoms with van der Waals surface area (Å²) in [4.78, 5) is 13.5. The molecule has 1 aromatic carbocycles. The van der Waals surface area contributed by atoms with Crippen LogP contribution in [0.2, 0.25) is 0 Å². The fourth-order valence-electron chi connectivity index (χ4n) is 3.49. The van der Waals surface area contributed by atoms with Crippen LogP contribution < -0.4 is 10.2 Å². The van der Waals surface area contributed by atoms with E-state index < -0.39 is 0 Å². The first kappa shape index (κ1) is 15.1. The number of anilines is 2. The molecule has 1 aromatic heterocycles. The van der Waals surface area contributed by atoms with Crippen LogP contribution in [0, 0.1) is 6.92 Å². The van der Waals surface area contributed by atoms with Gasteiger partial charge in [-0.15, -0.1) is 0 Å². The van der Waals surface area contributed by atoms with Gasteiger partial charge in [-0.3, -0.25) is 4.90 Å². The van der Waals surface area contributed by atoms with Crippen LogP contribution in [-0.2, 0) is 24.1 Å². The average Bonchev–Trinajstić information content (AvgIpc) is 3.20. The number of carbonyl (C=O) groups excluding carboxylic acids is 1. The molecule has 0 bridgehead atoms. The van der Waals surface area contributed by atoms with E-state index in [4.69, 9.17) is 9.26 Å². The van der Waals surface area contributed by atoms with Crippen molar-refractivity contribution < 1.29 is 14.1 Å². The van der Waals surface area contributed by atoms with E-state index in [0.29, 0.717) is 19.7 Å². The molecule has 0 radical (unpaired) electrons. The zero-order chi connectivity index (χ0) is 16.5. The standard InChI is InChI=1S/C18H21N3O3/c1-12-14(6-4-7-16(12)21-9-10-23-18(21)22)19-11-15-13-5-2-3-8-17(13)24-20-15/h4,6-7,19H,2-3,5,8-11H2,1H3. The molecule has 1 fully saturated rings. The highest BCUT2D eigenvalue weighted by Gasteiger charge is 2.25. The average molecular weight is 327 g/mol. The lowest BCUT2D eigenvalue weighted by Gasteiger charge is -2.18. The predicted octanol–water partition coefficient (Wildman–Crippen LogP) is 3.43. The van der Waals surface area contributed by atoms with E-state index in [-0.39, 0.29) is 6.09 Å². The minimum absolute atomic E-state index is 0.277. The number of benzene rings is 1. The third-order valence-electron chi connectivity index (χ3n) is 4.83. The molecule has 1 aliphatic heterocycles. The van der Waals surface area contributed by atoms with Crippen molar-refractivity contribution in [3.63, 3.8) is 0 Å². The Bertz CT molecular complexity index is 769. The van der Waals surface area contributed by atoms with Crippen molar-refractivity contribution >= 4 is 17.5 Å². The first-order valence-corrected chi connectivity index (χ1v) is 8.48. The summed E-state index contributed by atoms with van der Waals surface area (Å²) >= 11 is 0. The molecular formula is C18H21N3O3. The molecule has 2 aromatic rings. The molecule has 1 saturated heterocycles. The predicted molar refractivity (Wildman–Crippen MR) is 90.3 cm³/mol. The van der Waals surface area contributed by atoms with Crippen LogP contribution in [0.3, 0.4) is 0 Å². The number of rotatable bonds is 4. The van der Waals surface area contributed by atoms with Crippen molar-refractivity contribution in [3.8, 4) is 0 Å². The number of ether oxygens (including phenoxy) is 1. The molecule has 0 atom stereocenters. The van der Waals surface area contributed by atoms with Crippen molar-refractivity contribution in [3.05, 3.63) is 40.8 Å². The van der Waals surface area contributed by atoms with Gasteiger partial charge in [0.1, 0.15) is 18.1 Å². The Morgan fingerprint density at radius 3 is 3.00 bits per heavy atom. The summed E-state index contributed by atoms with van der Waals surface area (Å²) in [6, 6.07) is 5.92. The Hall–Kier alpha value is -2.50. The van der Waals surface area contributed by atoms with Gasteiger partial charge in [0.2, 0.25) is 0 Å². The third-order valence-corrected chi connectivity index (χ3v) is 4.83. The number of hydrogen-bond acceptors (Lipinski definition) is 5. The summed E-state index contributed by atoms with van der Waals surface area (Å²) < 4.78 is 10.5. The van der Waals surface area contributed by atoms with Crippen molar-refractivity contribution in [1.29, 1.82) is 0 Å². The Kier molecular flexibility index (Phi) is 3.88. The Labute approximate surface area is 140 Å². The molecule has 0 saturated carbocycles. The van der Waals surface area contributed by atoms with Crippen molar-refractivity contribution in [2.75, 3.05) is 23.4 Å². The topological polar surface area (TPSA) is 67.6 Å². The second-order valence-corrected chi connectivity index (χ2v) is 6.31. The Morgan fingerprint density at radius 2 is 2.17 bits per heavy atom. The van der Waals surface area contributed by atoms with Crippen LogP contribution in [0.4, 0.5) is 16.2 Å². The van der Waals surface area contributed by atoms with E-state index in [1.165, 1.54) is 18.4 Å². The number of nitrogens with one attached hydrogen (secondary N) is 1. The van der Waals surface area contributed by atoms with Gasteiger partial charge in [0.15, 0.2) is 0 Å². The van der Waals surface area contributed by atoms with Gasteiger partial charge in [0.05, 0.1) is 18.8 Å². The molecule has 6 heteroatoms. The van der Waals surface area contributed by atoms with E-state index in [0.717, 1.165) is 41.2 Å². The van der Waals surface area contributed by atoms with E-state index in [2.05, 4.69) is 10.5 Å². The first-order chi connectivity index (χ1) is 11.7. The van der Waals surface area contributed by atoms with Crippen molar-refractivity contribution in [1.82, 2.24) is 5.16 Å². The monoisotopic (exact) mass is 327 g/mol. The van der Waals surface area contributed by atoms with Crippen molar-refractivity contribution in [2.24, 2.45) is 0 Å². The molecule has 126 valence electrons. The largest absolute Gasteiger partial charge is 0.447 e. The molecule has 4 rings (SSSR count). The maximum atomic E-state index is 11.8. The maximum absolute atomic E-state index is 11.8. The van der Waals surface area contributed by atoms with E-state index in [1.54, 1.807) is 4.90 Å². The zero-order valence-corrected chi connectivity index (χ0v) is 13.8. The Balaban J connectivity index is 1.53. The molecule has 2 heterocycles. The van der Waals surface area contributed by atoms with Gasteiger partial charge in [0, 0.05) is 17.7 Å². The van der Waals surface area contributed by atoms with Gasteiger partial charge in [-0.1, -0.05) is 11.2 Å². The van der Waals surface area contributed by atoms with Crippen LogP contribution in [0.25, 0.3) is 0 Å². The second kappa shape index (κ2) is 6.19. The number of cyclic esters (lactones) is 1. The molecule has 1 aliphatic carbocycles. The van der Waals surface area contributed by atoms with Gasteiger partial charge >= 0.3 is 6.09 Å². The number of hydrogen-bond donors (Lipinski definition) is 1. The molecule has 1 amide bonds. The fourth-order valence-corrected chi connectivity index (χ4v) is 3.49. The van der Waals surface area contributed by atoms with Gasteiger partial charge < -0.3 is 14.6 Å². The number of amides is 1. The van der Waals surface area contributed by atoms with E-state index >= 15 is 0 Å². The lowest BCUT2D eigenvalue weighted by Crippen LogP contribution is -2.24. The van der Waals surface area contributed by atoms with Gasteiger partial charge in [-0.05, 0) is 43.9 Å². The summed E-state index contributed by atoms with van der Waals surface area (Å²) in [5.41, 5.74) is 5.19. The highest BCUT2D eigenvalue weighted by atomic mass is 16.6. The third kappa shape index (κ3) is 2.62. The maximum Gasteiger partial charge on any atom is 0.414 e. The normalized spacial score (nSPS) is 16.9. The van der Waals surface area contributed by atoms with Crippen LogP contribution in [0.1, 0.15) is 35.4 Å². The number of aryl methyl sites for hydroxylation is 1. The number of carbonyl (C=O) groups is 1. The van der Waals surface area contributed by atoms with Crippen molar-refractivity contribution in [2.45, 2.75) is 39.2 Å². The summed E-state index contributed by atoms with van der Waals surface area (Å²) in [6.45, 7) is 3.69. The second-order valence-electron chi connectivity index (χ2n) is 6.31. The molecular weight excluding hydrogens is 306 g/mol.